The van der Waals surface area contributed by atoms with E-state index in [0.717, 1.165) is 12.2 Å². The first-order chi connectivity index (χ1) is 9.77. The lowest BCUT2D eigenvalue weighted by Crippen LogP contribution is -2.18. The predicted octanol–water partition coefficient (Wildman–Crippen LogP) is 3.25. The van der Waals surface area contributed by atoms with Gasteiger partial charge < -0.3 is 14.5 Å². The number of halogens is 2. The average Bonchev–Trinajstić information content (AvgIpc) is 2.93. The van der Waals surface area contributed by atoms with Crippen LogP contribution in [-0.2, 0) is 17.9 Å². The van der Waals surface area contributed by atoms with Crippen LogP contribution in [0.25, 0.3) is 0 Å². The van der Waals surface area contributed by atoms with E-state index in [1.807, 2.05) is 12.1 Å². The van der Waals surface area contributed by atoms with Gasteiger partial charge in [-0.2, -0.15) is 0 Å². The van der Waals surface area contributed by atoms with Gasteiger partial charge in [-0.15, -0.1) is 0 Å². The quantitative estimate of drug-likeness (QED) is 0.754. The first-order valence-corrected chi connectivity index (χ1v) is 6.51. The van der Waals surface area contributed by atoms with Crippen LogP contribution in [0.5, 0.6) is 0 Å². The normalized spacial score (nSPS) is 10.9. The van der Waals surface area contributed by atoms with Gasteiger partial charge in [0, 0.05) is 18.7 Å². The number of ether oxygens (including phenoxy) is 1. The molecule has 1 N–H and O–H groups in total. The minimum Gasteiger partial charge on any atom is -0.467 e. The standard InChI is InChI=1S/C15H17F2NO2/c16-14-5-1-6-15(17)13(14)10-18-7-3-8-19-11-12-4-2-9-20-12/h1-2,4-6,9,18H,3,7-8,10-11H2. The van der Waals surface area contributed by atoms with Crippen molar-refractivity contribution in [1.82, 2.24) is 5.32 Å². The van der Waals surface area contributed by atoms with Gasteiger partial charge in [0.15, 0.2) is 0 Å². The smallest absolute Gasteiger partial charge is 0.130 e. The third-order valence-corrected chi connectivity index (χ3v) is 2.83. The summed E-state index contributed by atoms with van der Waals surface area (Å²) >= 11 is 0. The summed E-state index contributed by atoms with van der Waals surface area (Å²) in [5.74, 6) is -0.260. The van der Waals surface area contributed by atoms with Crippen LogP contribution < -0.4 is 5.32 Å². The maximum atomic E-state index is 13.3. The van der Waals surface area contributed by atoms with Gasteiger partial charge in [-0.3, -0.25) is 0 Å². The third kappa shape index (κ3) is 4.43. The summed E-state index contributed by atoms with van der Waals surface area (Å²) in [5, 5.41) is 2.99. The summed E-state index contributed by atoms with van der Waals surface area (Å²) in [4.78, 5) is 0. The Kier molecular flexibility index (Phi) is 5.70. The number of nitrogens with one attached hydrogen (secondary N) is 1. The molecule has 0 amide bonds. The van der Waals surface area contributed by atoms with Gasteiger partial charge in [-0.1, -0.05) is 6.07 Å². The molecule has 5 heteroatoms. The molecule has 0 saturated heterocycles. The Balaban J connectivity index is 1.57. The molecule has 108 valence electrons. The fourth-order valence-electron chi connectivity index (χ4n) is 1.78. The Bertz CT molecular complexity index is 494. The van der Waals surface area contributed by atoms with Crippen molar-refractivity contribution in [3.63, 3.8) is 0 Å². The van der Waals surface area contributed by atoms with Crippen molar-refractivity contribution < 1.29 is 17.9 Å². The topological polar surface area (TPSA) is 34.4 Å². The first-order valence-electron chi connectivity index (χ1n) is 6.51. The van der Waals surface area contributed by atoms with Crippen LogP contribution in [-0.4, -0.2) is 13.2 Å². The molecular weight excluding hydrogens is 264 g/mol. The highest BCUT2D eigenvalue weighted by molar-refractivity contribution is 5.19. The summed E-state index contributed by atoms with van der Waals surface area (Å²) in [6.45, 7) is 1.81. The lowest BCUT2D eigenvalue weighted by molar-refractivity contribution is 0.104. The highest BCUT2D eigenvalue weighted by Gasteiger charge is 2.06. The lowest BCUT2D eigenvalue weighted by Gasteiger charge is -2.07. The summed E-state index contributed by atoms with van der Waals surface area (Å²) in [6, 6.07) is 7.53. The molecule has 1 aromatic heterocycles. The molecule has 0 unspecified atom stereocenters. The number of rotatable bonds is 8. The van der Waals surface area contributed by atoms with Gasteiger partial charge in [0.1, 0.15) is 24.0 Å². The Morgan fingerprint density at radius 2 is 1.90 bits per heavy atom. The molecule has 2 aromatic rings. The van der Waals surface area contributed by atoms with Crippen LogP contribution in [0.3, 0.4) is 0 Å². The molecule has 0 aliphatic rings. The van der Waals surface area contributed by atoms with Crippen molar-refractivity contribution >= 4 is 0 Å². The molecule has 1 heterocycles. The van der Waals surface area contributed by atoms with E-state index in [-0.39, 0.29) is 12.1 Å². The number of hydrogen-bond acceptors (Lipinski definition) is 3. The SMILES string of the molecule is Fc1cccc(F)c1CNCCCOCc1ccco1. The van der Waals surface area contributed by atoms with Crippen molar-refractivity contribution in [3.8, 4) is 0 Å². The van der Waals surface area contributed by atoms with Gasteiger partial charge in [0.05, 0.1) is 6.26 Å². The van der Waals surface area contributed by atoms with Gasteiger partial charge in [-0.25, -0.2) is 8.78 Å². The van der Waals surface area contributed by atoms with E-state index >= 15 is 0 Å². The third-order valence-electron chi connectivity index (χ3n) is 2.83. The van der Waals surface area contributed by atoms with Crippen LogP contribution >= 0.6 is 0 Å². The van der Waals surface area contributed by atoms with Crippen LogP contribution in [0.2, 0.25) is 0 Å². The number of furan rings is 1. The van der Waals surface area contributed by atoms with Gasteiger partial charge >= 0.3 is 0 Å². The molecule has 0 bridgehead atoms. The van der Waals surface area contributed by atoms with Gasteiger partial charge in [0.25, 0.3) is 0 Å². The van der Waals surface area contributed by atoms with Crippen LogP contribution in [0.15, 0.2) is 41.0 Å². The summed E-state index contributed by atoms with van der Waals surface area (Å²) in [5.41, 5.74) is 0.0732. The zero-order valence-corrected chi connectivity index (χ0v) is 11.1. The molecule has 1 aromatic carbocycles. The van der Waals surface area contributed by atoms with Gasteiger partial charge in [-0.05, 0) is 37.2 Å². The van der Waals surface area contributed by atoms with Crippen molar-refractivity contribution in [3.05, 3.63) is 59.6 Å². The minimum atomic E-state index is -0.522. The Morgan fingerprint density at radius 1 is 1.10 bits per heavy atom. The van der Waals surface area contributed by atoms with E-state index in [2.05, 4.69) is 5.32 Å². The highest BCUT2D eigenvalue weighted by atomic mass is 19.1. The Morgan fingerprint density at radius 3 is 2.60 bits per heavy atom. The van der Waals surface area contributed by atoms with E-state index in [0.29, 0.717) is 19.8 Å². The van der Waals surface area contributed by atoms with Crippen molar-refractivity contribution in [2.75, 3.05) is 13.2 Å². The number of benzene rings is 1. The highest BCUT2D eigenvalue weighted by Crippen LogP contribution is 2.11. The molecule has 0 spiro atoms. The zero-order chi connectivity index (χ0) is 14.2. The van der Waals surface area contributed by atoms with E-state index in [9.17, 15) is 8.78 Å². The molecular formula is C15H17F2NO2. The zero-order valence-electron chi connectivity index (χ0n) is 11.1. The van der Waals surface area contributed by atoms with E-state index in [4.69, 9.17) is 9.15 Å². The van der Waals surface area contributed by atoms with Crippen LogP contribution in [0, 0.1) is 11.6 Å². The van der Waals surface area contributed by atoms with E-state index in [1.54, 1.807) is 6.26 Å². The number of hydrogen-bond donors (Lipinski definition) is 1. The molecule has 0 radical (unpaired) electrons. The summed E-state index contributed by atoms with van der Waals surface area (Å²) < 4.78 is 37.2. The molecule has 0 atom stereocenters. The molecule has 2 rings (SSSR count). The molecule has 0 aliphatic heterocycles. The largest absolute Gasteiger partial charge is 0.467 e. The second-order valence-corrected chi connectivity index (χ2v) is 4.36. The molecule has 3 nitrogen and oxygen atoms in total. The van der Waals surface area contributed by atoms with Crippen molar-refractivity contribution in [2.24, 2.45) is 0 Å². The molecule has 0 aliphatic carbocycles. The molecule has 0 saturated carbocycles. The molecule has 20 heavy (non-hydrogen) atoms. The molecule has 0 fully saturated rings. The first kappa shape index (κ1) is 14.7. The van der Waals surface area contributed by atoms with Gasteiger partial charge in [0.2, 0.25) is 0 Å². The lowest BCUT2D eigenvalue weighted by atomic mass is 10.2. The van der Waals surface area contributed by atoms with Crippen molar-refractivity contribution in [1.29, 1.82) is 0 Å². The summed E-state index contributed by atoms with van der Waals surface area (Å²) in [7, 11) is 0. The fourth-order valence-corrected chi connectivity index (χ4v) is 1.78. The van der Waals surface area contributed by atoms with E-state index < -0.39 is 11.6 Å². The fraction of sp³-hybridized carbons (Fsp3) is 0.333. The Labute approximate surface area is 116 Å². The van der Waals surface area contributed by atoms with Crippen LogP contribution in [0.4, 0.5) is 8.78 Å². The second kappa shape index (κ2) is 7.77. The maximum Gasteiger partial charge on any atom is 0.130 e. The maximum absolute atomic E-state index is 13.3. The monoisotopic (exact) mass is 281 g/mol. The summed E-state index contributed by atoms with van der Waals surface area (Å²) in [6.07, 6.45) is 2.36. The predicted molar refractivity (Wildman–Crippen MR) is 71.0 cm³/mol. The van der Waals surface area contributed by atoms with Crippen molar-refractivity contribution in [2.45, 2.75) is 19.6 Å². The Hall–Kier alpha value is -1.72. The second-order valence-electron chi connectivity index (χ2n) is 4.36. The minimum absolute atomic E-state index is 0.0732. The average molecular weight is 281 g/mol. The van der Waals surface area contributed by atoms with Crippen LogP contribution in [0.1, 0.15) is 17.7 Å². The van der Waals surface area contributed by atoms with E-state index in [1.165, 1.54) is 18.2 Å².